The zero-order valence-corrected chi connectivity index (χ0v) is 13.1. The van der Waals surface area contributed by atoms with Crippen LogP contribution in [0.4, 0.5) is 0 Å². The number of hydrogen-bond acceptors (Lipinski definition) is 5. The van der Waals surface area contributed by atoms with E-state index in [1.165, 1.54) is 18.6 Å². The lowest BCUT2D eigenvalue weighted by Gasteiger charge is -2.20. The number of benzene rings is 1. The zero-order valence-electron chi connectivity index (χ0n) is 13.1. The number of ether oxygens (including phenoxy) is 1. The third-order valence-corrected chi connectivity index (χ3v) is 3.50. The van der Waals surface area contributed by atoms with Gasteiger partial charge in [0.1, 0.15) is 17.5 Å². The van der Waals surface area contributed by atoms with E-state index >= 15 is 0 Å². The second-order valence-corrected chi connectivity index (χ2v) is 4.99. The van der Waals surface area contributed by atoms with Crippen molar-refractivity contribution >= 4 is 5.91 Å². The summed E-state index contributed by atoms with van der Waals surface area (Å²) in [4.78, 5) is 24.9. The van der Waals surface area contributed by atoms with Crippen molar-refractivity contribution in [2.75, 3.05) is 7.11 Å². The predicted molar refractivity (Wildman–Crippen MR) is 88.6 cm³/mol. The summed E-state index contributed by atoms with van der Waals surface area (Å²) in [5.41, 5.74) is 1.77. The van der Waals surface area contributed by atoms with Crippen molar-refractivity contribution in [1.82, 2.24) is 20.3 Å². The Kier molecular flexibility index (Phi) is 4.76. The first kappa shape index (κ1) is 15.6. The minimum atomic E-state index is -0.461. The average Bonchev–Trinajstić information content (AvgIpc) is 2.67. The molecule has 2 aromatic heterocycles. The Morgan fingerprint density at radius 1 is 1.04 bits per heavy atom. The van der Waals surface area contributed by atoms with Crippen LogP contribution in [0.2, 0.25) is 0 Å². The number of methoxy groups -OCH3 is 1. The molecule has 0 fully saturated rings. The maximum Gasteiger partial charge on any atom is 0.272 e. The number of aromatic nitrogens is 3. The van der Waals surface area contributed by atoms with Crippen molar-refractivity contribution in [2.45, 2.75) is 6.04 Å². The summed E-state index contributed by atoms with van der Waals surface area (Å²) in [7, 11) is 1.60. The van der Waals surface area contributed by atoms with Gasteiger partial charge in [-0.2, -0.15) is 0 Å². The normalized spacial score (nSPS) is 11.5. The number of rotatable bonds is 5. The first-order chi connectivity index (χ1) is 11.8. The fourth-order valence-electron chi connectivity index (χ4n) is 2.38. The van der Waals surface area contributed by atoms with Gasteiger partial charge < -0.3 is 10.1 Å². The first-order valence-corrected chi connectivity index (χ1v) is 7.40. The molecule has 24 heavy (non-hydrogen) atoms. The minimum absolute atomic E-state index is 0.244. The molecule has 0 saturated carbocycles. The van der Waals surface area contributed by atoms with Gasteiger partial charge in [0, 0.05) is 24.2 Å². The molecule has 0 unspecified atom stereocenters. The van der Waals surface area contributed by atoms with Gasteiger partial charge in [-0.25, -0.2) is 4.98 Å². The Bertz CT molecular complexity index is 810. The minimum Gasteiger partial charge on any atom is -0.496 e. The zero-order chi connectivity index (χ0) is 16.8. The van der Waals surface area contributed by atoms with Crippen LogP contribution in [-0.4, -0.2) is 28.0 Å². The lowest BCUT2D eigenvalue weighted by atomic mass is 10.0. The van der Waals surface area contributed by atoms with E-state index in [-0.39, 0.29) is 11.6 Å². The highest BCUT2D eigenvalue weighted by Crippen LogP contribution is 2.29. The molecule has 6 nitrogen and oxygen atoms in total. The quantitative estimate of drug-likeness (QED) is 0.781. The molecule has 1 atom stereocenters. The number of nitrogens with zero attached hydrogens (tertiary/aromatic N) is 3. The van der Waals surface area contributed by atoms with Crippen LogP contribution >= 0.6 is 0 Å². The van der Waals surface area contributed by atoms with Crippen LogP contribution in [0.1, 0.15) is 27.8 Å². The molecule has 0 saturated heterocycles. The fraction of sp³-hybridized carbons (Fsp3) is 0.111. The summed E-state index contributed by atoms with van der Waals surface area (Å²) in [6.45, 7) is 0. The van der Waals surface area contributed by atoms with Crippen molar-refractivity contribution in [2.24, 2.45) is 0 Å². The number of carbonyl (C=O) groups excluding carboxylic acids is 1. The summed E-state index contributed by atoms with van der Waals surface area (Å²) >= 11 is 0. The molecule has 120 valence electrons. The van der Waals surface area contributed by atoms with Crippen molar-refractivity contribution in [1.29, 1.82) is 0 Å². The van der Waals surface area contributed by atoms with Gasteiger partial charge in [-0.15, -0.1) is 0 Å². The van der Waals surface area contributed by atoms with Crippen LogP contribution < -0.4 is 10.1 Å². The number of para-hydroxylation sites is 1. The van der Waals surface area contributed by atoms with Gasteiger partial charge in [-0.05, 0) is 18.2 Å². The number of hydrogen-bond donors (Lipinski definition) is 1. The van der Waals surface area contributed by atoms with E-state index in [1.807, 2.05) is 42.5 Å². The van der Waals surface area contributed by atoms with E-state index in [0.717, 1.165) is 5.56 Å². The van der Waals surface area contributed by atoms with Crippen molar-refractivity contribution in [3.05, 3.63) is 84.2 Å². The standard InChI is InChI=1S/C18H16N4O2/c1-24-16-8-3-2-6-13(16)17(14-7-4-5-9-20-14)22-18(23)15-12-19-10-11-21-15/h2-12,17H,1H3,(H,22,23)/t17-/m0/s1. The lowest BCUT2D eigenvalue weighted by Crippen LogP contribution is -2.30. The monoisotopic (exact) mass is 320 g/mol. The molecular weight excluding hydrogens is 304 g/mol. The van der Waals surface area contributed by atoms with Gasteiger partial charge in [0.15, 0.2) is 0 Å². The highest BCUT2D eigenvalue weighted by atomic mass is 16.5. The topological polar surface area (TPSA) is 77.0 Å². The average molecular weight is 320 g/mol. The Labute approximate surface area is 139 Å². The predicted octanol–water partition coefficient (Wildman–Crippen LogP) is 2.40. The molecular formula is C18H16N4O2. The number of pyridine rings is 1. The van der Waals surface area contributed by atoms with E-state index in [1.54, 1.807) is 13.3 Å². The molecule has 0 aliphatic heterocycles. The summed E-state index contributed by atoms with van der Waals surface area (Å²) in [6.07, 6.45) is 6.11. The Balaban J connectivity index is 1.99. The molecule has 0 aliphatic carbocycles. The molecule has 6 heteroatoms. The van der Waals surface area contributed by atoms with Crippen LogP contribution in [0.25, 0.3) is 0 Å². The van der Waals surface area contributed by atoms with E-state index in [9.17, 15) is 4.79 Å². The van der Waals surface area contributed by atoms with Crippen LogP contribution in [-0.2, 0) is 0 Å². The second kappa shape index (κ2) is 7.32. The van der Waals surface area contributed by atoms with E-state index in [4.69, 9.17) is 4.74 Å². The first-order valence-electron chi connectivity index (χ1n) is 7.40. The van der Waals surface area contributed by atoms with Gasteiger partial charge >= 0.3 is 0 Å². The number of amides is 1. The van der Waals surface area contributed by atoms with E-state index < -0.39 is 6.04 Å². The molecule has 0 aliphatic rings. The molecule has 0 spiro atoms. The summed E-state index contributed by atoms with van der Waals surface area (Å²) in [6, 6.07) is 12.6. The van der Waals surface area contributed by atoms with Gasteiger partial charge in [0.2, 0.25) is 0 Å². The SMILES string of the molecule is COc1ccccc1[C@H](NC(=O)c1cnccn1)c1ccccn1. The fourth-order valence-corrected chi connectivity index (χ4v) is 2.38. The smallest absolute Gasteiger partial charge is 0.272 e. The second-order valence-electron chi connectivity index (χ2n) is 4.99. The summed E-state index contributed by atoms with van der Waals surface area (Å²) < 4.78 is 5.43. The van der Waals surface area contributed by atoms with E-state index in [2.05, 4.69) is 20.3 Å². The summed E-state index contributed by atoms with van der Waals surface area (Å²) in [5, 5.41) is 2.96. The van der Waals surface area contributed by atoms with Crippen LogP contribution in [0.3, 0.4) is 0 Å². The Hall–Kier alpha value is -3.28. The number of nitrogens with one attached hydrogen (secondary N) is 1. The van der Waals surface area contributed by atoms with Crippen molar-refractivity contribution in [3.63, 3.8) is 0 Å². The molecule has 0 bridgehead atoms. The van der Waals surface area contributed by atoms with Crippen LogP contribution in [0, 0.1) is 0 Å². The maximum atomic E-state index is 12.5. The van der Waals surface area contributed by atoms with Crippen LogP contribution in [0.15, 0.2) is 67.3 Å². The lowest BCUT2D eigenvalue weighted by molar-refractivity contribution is 0.0936. The molecule has 1 N–H and O–H groups in total. The molecule has 2 heterocycles. The molecule has 3 rings (SSSR count). The third kappa shape index (κ3) is 3.38. The maximum absolute atomic E-state index is 12.5. The number of carbonyl (C=O) groups is 1. The van der Waals surface area contributed by atoms with Gasteiger partial charge in [-0.1, -0.05) is 24.3 Å². The highest BCUT2D eigenvalue weighted by Gasteiger charge is 2.22. The molecule has 1 aromatic carbocycles. The third-order valence-electron chi connectivity index (χ3n) is 3.50. The van der Waals surface area contributed by atoms with Crippen LogP contribution in [0.5, 0.6) is 5.75 Å². The largest absolute Gasteiger partial charge is 0.496 e. The summed E-state index contributed by atoms with van der Waals surface area (Å²) in [5.74, 6) is 0.345. The van der Waals surface area contributed by atoms with Gasteiger partial charge in [0.05, 0.1) is 19.0 Å². The van der Waals surface area contributed by atoms with Gasteiger partial charge in [0.25, 0.3) is 5.91 Å². The Morgan fingerprint density at radius 3 is 2.58 bits per heavy atom. The molecule has 0 radical (unpaired) electrons. The molecule has 3 aromatic rings. The van der Waals surface area contributed by atoms with Gasteiger partial charge in [-0.3, -0.25) is 14.8 Å². The van der Waals surface area contributed by atoms with Crippen molar-refractivity contribution in [3.8, 4) is 5.75 Å². The van der Waals surface area contributed by atoms with E-state index in [0.29, 0.717) is 11.4 Å². The molecule has 1 amide bonds. The van der Waals surface area contributed by atoms with Crippen molar-refractivity contribution < 1.29 is 9.53 Å². The Morgan fingerprint density at radius 2 is 1.88 bits per heavy atom. The highest BCUT2D eigenvalue weighted by molar-refractivity contribution is 5.92.